The molecule has 1 aliphatic heterocycles. The molecule has 0 spiro atoms. The van der Waals surface area contributed by atoms with Crippen LogP contribution in [0, 0.1) is 6.92 Å². The molecule has 7 nitrogen and oxygen atoms in total. The van der Waals surface area contributed by atoms with Gasteiger partial charge in [0.05, 0.1) is 5.56 Å². The van der Waals surface area contributed by atoms with E-state index in [1.165, 1.54) is 5.56 Å². The topological polar surface area (TPSA) is 97.8 Å². The number of carbonyl (C=O) groups excluding carboxylic acids is 2. The molecule has 4 rings (SSSR count). The highest BCUT2D eigenvalue weighted by atomic mass is 16.6. The van der Waals surface area contributed by atoms with Crippen LogP contribution >= 0.6 is 0 Å². The number of furan rings is 1. The molecule has 2 heterocycles. The number of hydrogen-bond donors (Lipinski definition) is 2. The van der Waals surface area contributed by atoms with E-state index in [4.69, 9.17) is 14.9 Å². The fraction of sp³-hybridized carbons (Fsp3) is 0.308. The standard InChI is InChI=1S/C26H29N3O4/c1-18-16-23(25(27)30)24(32-18)20-8-5-9-22(17-20)33-26(31)29-14-11-21(12-15-29)28-13-10-19-6-3-2-4-7-19/h2-9,16-17,21,28H,10-15H2,1H3,(H2,27,30). The Labute approximate surface area is 193 Å². The second kappa shape index (κ2) is 10.4. The van der Waals surface area contributed by atoms with Gasteiger partial charge in [-0.1, -0.05) is 42.5 Å². The smallest absolute Gasteiger partial charge is 0.415 e. The molecular weight excluding hydrogens is 418 g/mol. The number of amides is 2. The van der Waals surface area contributed by atoms with Crippen LogP contribution in [0.25, 0.3) is 11.3 Å². The van der Waals surface area contributed by atoms with Crippen LogP contribution in [0.15, 0.2) is 65.1 Å². The summed E-state index contributed by atoms with van der Waals surface area (Å²) in [5, 5.41) is 3.59. The summed E-state index contributed by atoms with van der Waals surface area (Å²) < 4.78 is 11.3. The van der Waals surface area contributed by atoms with Crippen LogP contribution in [0.2, 0.25) is 0 Å². The number of nitrogens with zero attached hydrogens (tertiary/aromatic N) is 1. The Hall–Kier alpha value is -3.58. The molecule has 3 aromatic rings. The Balaban J connectivity index is 1.29. The SMILES string of the molecule is Cc1cc(C(N)=O)c(-c2cccc(OC(=O)N3CCC(NCCc4ccccc4)CC3)c2)o1. The van der Waals surface area contributed by atoms with Gasteiger partial charge in [-0.15, -0.1) is 0 Å². The lowest BCUT2D eigenvalue weighted by Gasteiger charge is -2.31. The molecule has 2 aromatic carbocycles. The minimum absolute atomic E-state index is 0.304. The summed E-state index contributed by atoms with van der Waals surface area (Å²) in [5.41, 5.74) is 7.71. The molecule has 172 valence electrons. The zero-order chi connectivity index (χ0) is 23.2. The van der Waals surface area contributed by atoms with Crippen LogP contribution in [-0.2, 0) is 6.42 Å². The maximum atomic E-state index is 12.7. The molecule has 0 radical (unpaired) electrons. The molecule has 33 heavy (non-hydrogen) atoms. The molecule has 0 saturated carbocycles. The number of ether oxygens (including phenoxy) is 1. The highest BCUT2D eigenvalue weighted by molar-refractivity contribution is 5.98. The number of hydrogen-bond acceptors (Lipinski definition) is 5. The molecule has 7 heteroatoms. The van der Waals surface area contributed by atoms with Gasteiger partial charge in [-0.25, -0.2) is 4.79 Å². The van der Waals surface area contributed by atoms with Crippen LogP contribution in [-0.4, -0.2) is 42.6 Å². The van der Waals surface area contributed by atoms with Crippen molar-refractivity contribution in [2.24, 2.45) is 5.73 Å². The zero-order valence-corrected chi connectivity index (χ0v) is 18.8. The van der Waals surface area contributed by atoms with Crippen LogP contribution in [0.3, 0.4) is 0 Å². The number of piperidine rings is 1. The van der Waals surface area contributed by atoms with E-state index >= 15 is 0 Å². The van der Waals surface area contributed by atoms with Crippen molar-refractivity contribution in [1.82, 2.24) is 10.2 Å². The molecule has 1 saturated heterocycles. The van der Waals surface area contributed by atoms with E-state index in [9.17, 15) is 9.59 Å². The minimum Gasteiger partial charge on any atom is -0.461 e. The number of nitrogens with one attached hydrogen (secondary N) is 1. The van der Waals surface area contributed by atoms with Gasteiger partial charge >= 0.3 is 6.09 Å². The highest BCUT2D eigenvalue weighted by Gasteiger charge is 2.24. The Morgan fingerprint density at radius 1 is 1.09 bits per heavy atom. The van der Waals surface area contributed by atoms with Gasteiger partial charge in [0.2, 0.25) is 0 Å². The first kappa shape index (κ1) is 22.6. The number of primary amides is 1. The molecule has 1 aromatic heterocycles. The molecule has 2 amide bonds. The summed E-state index contributed by atoms with van der Waals surface area (Å²) in [4.78, 5) is 26.1. The number of nitrogens with two attached hydrogens (primary N) is 1. The van der Waals surface area contributed by atoms with Crippen molar-refractivity contribution in [2.75, 3.05) is 19.6 Å². The van der Waals surface area contributed by atoms with Crippen molar-refractivity contribution in [2.45, 2.75) is 32.2 Å². The van der Waals surface area contributed by atoms with Crippen molar-refractivity contribution in [3.63, 3.8) is 0 Å². The lowest BCUT2D eigenvalue weighted by atomic mass is 10.0. The van der Waals surface area contributed by atoms with Gasteiger partial charge in [0.25, 0.3) is 5.91 Å². The number of benzene rings is 2. The largest absolute Gasteiger partial charge is 0.461 e. The van der Waals surface area contributed by atoms with Crippen molar-refractivity contribution >= 4 is 12.0 Å². The first-order valence-electron chi connectivity index (χ1n) is 11.2. The van der Waals surface area contributed by atoms with Gasteiger partial charge in [-0.05, 0) is 56.5 Å². The fourth-order valence-corrected chi connectivity index (χ4v) is 4.11. The van der Waals surface area contributed by atoms with E-state index in [-0.39, 0.29) is 6.09 Å². The molecule has 1 fully saturated rings. The zero-order valence-electron chi connectivity index (χ0n) is 18.8. The van der Waals surface area contributed by atoms with E-state index < -0.39 is 5.91 Å². The minimum atomic E-state index is -0.565. The van der Waals surface area contributed by atoms with E-state index in [0.29, 0.717) is 47.5 Å². The molecule has 0 aliphatic carbocycles. The average Bonchev–Trinajstić information content (AvgIpc) is 3.22. The van der Waals surface area contributed by atoms with Crippen molar-refractivity contribution in [3.05, 3.63) is 77.6 Å². The monoisotopic (exact) mass is 447 g/mol. The molecule has 0 atom stereocenters. The predicted molar refractivity (Wildman–Crippen MR) is 126 cm³/mol. The van der Waals surface area contributed by atoms with Crippen LogP contribution < -0.4 is 15.8 Å². The Morgan fingerprint density at radius 3 is 2.58 bits per heavy atom. The van der Waals surface area contributed by atoms with E-state index in [1.54, 1.807) is 42.2 Å². The van der Waals surface area contributed by atoms with Gasteiger partial charge in [0.1, 0.15) is 17.3 Å². The summed E-state index contributed by atoms with van der Waals surface area (Å²) in [6.45, 7) is 3.96. The number of aryl methyl sites for hydroxylation is 1. The van der Waals surface area contributed by atoms with Crippen molar-refractivity contribution < 1.29 is 18.7 Å². The van der Waals surface area contributed by atoms with Crippen molar-refractivity contribution in [1.29, 1.82) is 0 Å². The van der Waals surface area contributed by atoms with Gasteiger partial charge in [-0.2, -0.15) is 0 Å². The summed E-state index contributed by atoms with van der Waals surface area (Å²) in [7, 11) is 0. The molecule has 3 N–H and O–H groups in total. The first-order valence-corrected chi connectivity index (χ1v) is 11.2. The molecular formula is C26H29N3O4. The Bertz CT molecular complexity index is 1100. The average molecular weight is 448 g/mol. The maximum absolute atomic E-state index is 12.7. The summed E-state index contributed by atoms with van der Waals surface area (Å²) in [5.74, 6) is 0.788. The Morgan fingerprint density at radius 2 is 1.85 bits per heavy atom. The number of rotatable bonds is 7. The Kier molecular flexibility index (Phi) is 7.10. The molecule has 1 aliphatic rings. The van der Waals surface area contributed by atoms with E-state index in [1.807, 2.05) is 6.07 Å². The van der Waals surface area contributed by atoms with Gasteiger partial charge in [-0.3, -0.25) is 4.79 Å². The highest BCUT2D eigenvalue weighted by Crippen LogP contribution is 2.30. The quantitative estimate of drug-likeness (QED) is 0.567. The number of likely N-dealkylation sites (tertiary alicyclic amines) is 1. The third kappa shape index (κ3) is 5.81. The number of carbonyl (C=O) groups is 2. The van der Waals surface area contributed by atoms with Crippen LogP contribution in [0.1, 0.15) is 34.5 Å². The normalized spacial score (nSPS) is 14.3. The lowest BCUT2D eigenvalue weighted by molar-refractivity contribution is 0.1000. The third-order valence-corrected chi connectivity index (χ3v) is 5.86. The van der Waals surface area contributed by atoms with Crippen LogP contribution in [0.5, 0.6) is 5.75 Å². The second-order valence-electron chi connectivity index (χ2n) is 8.31. The third-order valence-electron chi connectivity index (χ3n) is 5.86. The lowest BCUT2D eigenvalue weighted by Crippen LogP contribution is -2.46. The summed E-state index contributed by atoms with van der Waals surface area (Å²) in [6.07, 6.45) is 2.39. The van der Waals surface area contributed by atoms with Crippen molar-refractivity contribution in [3.8, 4) is 17.1 Å². The van der Waals surface area contributed by atoms with Gasteiger partial charge in [0.15, 0.2) is 0 Å². The first-order chi connectivity index (χ1) is 16.0. The molecule has 0 bridgehead atoms. The summed E-state index contributed by atoms with van der Waals surface area (Å²) in [6, 6.07) is 19.3. The summed E-state index contributed by atoms with van der Waals surface area (Å²) >= 11 is 0. The van der Waals surface area contributed by atoms with Gasteiger partial charge < -0.3 is 25.1 Å². The molecule has 0 unspecified atom stereocenters. The van der Waals surface area contributed by atoms with Gasteiger partial charge in [0, 0.05) is 24.7 Å². The van der Waals surface area contributed by atoms with E-state index in [0.717, 1.165) is 25.8 Å². The van der Waals surface area contributed by atoms with E-state index in [2.05, 4.69) is 29.6 Å². The second-order valence-corrected chi connectivity index (χ2v) is 8.31. The fourth-order valence-electron chi connectivity index (χ4n) is 4.11. The maximum Gasteiger partial charge on any atom is 0.415 e. The predicted octanol–water partition coefficient (Wildman–Crippen LogP) is 4.15. The van der Waals surface area contributed by atoms with Crippen LogP contribution in [0.4, 0.5) is 4.79 Å².